The summed E-state index contributed by atoms with van der Waals surface area (Å²) >= 11 is 1.65. The molecule has 0 aliphatic carbocycles. The van der Waals surface area contributed by atoms with Crippen LogP contribution in [0.5, 0.6) is 0 Å². The van der Waals surface area contributed by atoms with Crippen molar-refractivity contribution in [1.29, 1.82) is 0 Å². The van der Waals surface area contributed by atoms with Crippen molar-refractivity contribution in [1.82, 2.24) is 0 Å². The van der Waals surface area contributed by atoms with Gasteiger partial charge < -0.3 is 15.8 Å². The third-order valence-electron chi connectivity index (χ3n) is 3.36. The minimum Gasteiger partial charge on any atom is -0.469 e. The van der Waals surface area contributed by atoms with Crippen LogP contribution in [-0.4, -0.2) is 30.8 Å². The first kappa shape index (κ1) is 22.8. The summed E-state index contributed by atoms with van der Waals surface area (Å²) in [7, 11) is 1.39. The number of ether oxygens (including phenoxy) is 1. The van der Waals surface area contributed by atoms with Crippen molar-refractivity contribution in [2.24, 2.45) is 11.1 Å². The topological polar surface area (TPSA) is 81.4 Å². The van der Waals surface area contributed by atoms with Crippen molar-refractivity contribution >= 4 is 41.7 Å². The Hall–Kier alpha value is -1.24. The van der Waals surface area contributed by atoms with E-state index in [0.29, 0.717) is 12.2 Å². The van der Waals surface area contributed by atoms with Gasteiger partial charge in [0.05, 0.1) is 19.6 Å². The maximum absolute atomic E-state index is 12.1. The molecular formula is C17H27ClN2O3S. The van der Waals surface area contributed by atoms with E-state index in [9.17, 15) is 9.59 Å². The summed E-state index contributed by atoms with van der Waals surface area (Å²) < 4.78 is 4.60. The molecule has 0 aliphatic heterocycles. The fourth-order valence-electron chi connectivity index (χ4n) is 1.80. The van der Waals surface area contributed by atoms with Crippen molar-refractivity contribution < 1.29 is 14.3 Å². The van der Waals surface area contributed by atoms with Gasteiger partial charge >= 0.3 is 5.97 Å². The van der Waals surface area contributed by atoms with Crippen molar-refractivity contribution in [3.05, 3.63) is 29.8 Å². The minimum atomic E-state index is -0.569. The van der Waals surface area contributed by atoms with Crippen molar-refractivity contribution in [2.45, 2.75) is 39.0 Å². The Kier molecular flexibility index (Phi) is 10.0. The van der Waals surface area contributed by atoms with E-state index in [-0.39, 0.29) is 29.7 Å². The maximum Gasteiger partial charge on any atom is 0.306 e. The van der Waals surface area contributed by atoms with Crippen LogP contribution in [0.2, 0.25) is 0 Å². The number of benzene rings is 1. The Morgan fingerprint density at radius 2 is 2.00 bits per heavy atom. The Balaban J connectivity index is 0.00000529. The minimum absolute atomic E-state index is 0. The van der Waals surface area contributed by atoms with Gasteiger partial charge in [0.25, 0.3) is 0 Å². The summed E-state index contributed by atoms with van der Waals surface area (Å²) in [6, 6.07) is 7.09. The van der Waals surface area contributed by atoms with Gasteiger partial charge in [0.1, 0.15) is 0 Å². The van der Waals surface area contributed by atoms with Gasteiger partial charge in [0, 0.05) is 17.2 Å². The lowest BCUT2D eigenvalue weighted by atomic mass is 9.87. The summed E-state index contributed by atoms with van der Waals surface area (Å²) in [5.41, 5.74) is 7.50. The zero-order valence-electron chi connectivity index (χ0n) is 14.6. The molecular weight excluding hydrogens is 348 g/mol. The van der Waals surface area contributed by atoms with Crippen LogP contribution in [0.15, 0.2) is 24.3 Å². The number of amides is 1. The zero-order chi connectivity index (χ0) is 17.5. The molecule has 1 rings (SSSR count). The molecule has 0 heterocycles. The van der Waals surface area contributed by atoms with E-state index in [1.807, 2.05) is 45.0 Å². The van der Waals surface area contributed by atoms with Gasteiger partial charge in [0.15, 0.2) is 0 Å². The normalized spacial score (nSPS) is 12.0. The summed E-state index contributed by atoms with van der Waals surface area (Å²) in [4.78, 5) is 23.2. The first-order chi connectivity index (χ1) is 10.7. The molecule has 0 bridgehead atoms. The Morgan fingerprint density at radius 3 is 2.58 bits per heavy atom. The number of methoxy groups -OCH3 is 1. The molecule has 0 unspecified atom stereocenters. The third kappa shape index (κ3) is 8.04. The average molecular weight is 375 g/mol. The molecule has 0 saturated heterocycles. The van der Waals surface area contributed by atoms with Gasteiger partial charge in [-0.2, -0.15) is 11.8 Å². The van der Waals surface area contributed by atoms with Crippen molar-refractivity contribution in [3.8, 4) is 0 Å². The largest absolute Gasteiger partial charge is 0.469 e. The lowest BCUT2D eigenvalue weighted by molar-refractivity contribution is -0.140. The van der Waals surface area contributed by atoms with Crippen LogP contribution in [0.3, 0.4) is 0 Å². The van der Waals surface area contributed by atoms with Crippen LogP contribution in [0.25, 0.3) is 0 Å². The molecule has 5 nitrogen and oxygen atoms in total. The van der Waals surface area contributed by atoms with Gasteiger partial charge in [0.2, 0.25) is 5.91 Å². The van der Waals surface area contributed by atoms with Gasteiger partial charge in [-0.25, -0.2) is 0 Å². The molecule has 0 spiro atoms. The Bertz CT molecular complexity index is 547. The molecule has 1 amide bonds. The first-order valence-electron chi connectivity index (χ1n) is 7.54. The Labute approximate surface area is 154 Å². The van der Waals surface area contributed by atoms with Crippen LogP contribution >= 0.6 is 24.2 Å². The fraction of sp³-hybridized carbons (Fsp3) is 0.529. The van der Waals surface area contributed by atoms with Crippen LogP contribution < -0.4 is 11.1 Å². The molecule has 0 saturated carbocycles. The highest BCUT2D eigenvalue weighted by Gasteiger charge is 2.27. The number of carbonyl (C=O) groups is 2. The second kappa shape index (κ2) is 10.6. The third-order valence-corrected chi connectivity index (χ3v) is 4.39. The van der Waals surface area contributed by atoms with E-state index < -0.39 is 6.04 Å². The number of hydrogen-bond acceptors (Lipinski definition) is 5. The quantitative estimate of drug-likeness (QED) is 0.565. The number of esters is 1. The fourth-order valence-corrected chi connectivity index (χ4v) is 2.67. The predicted octanol–water partition coefficient (Wildman–Crippen LogP) is 3.22. The molecule has 24 heavy (non-hydrogen) atoms. The monoisotopic (exact) mass is 374 g/mol. The maximum atomic E-state index is 12.1. The lowest BCUT2D eigenvalue weighted by Crippen LogP contribution is -2.45. The molecule has 7 heteroatoms. The van der Waals surface area contributed by atoms with Gasteiger partial charge in [-0.1, -0.05) is 32.9 Å². The van der Waals surface area contributed by atoms with Crippen LogP contribution in [0.1, 0.15) is 32.8 Å². The van der Waals surface area contributed by atoms with E-state index in [4.69, 9.17) is 5.73 Å². The number of hydrogen-bond donors (Lipinski definition) is 2. The highest BCUT2D eigenvalue weighted by Crippen LogP contribution is 2.21. The Morgan fingerprint density at radius 1 is 1.33 bits per heavy atom. The van der Waals surface area contributed by atoms with E-state index in [1.54, 1.807) is 11.8 Å². The zero-order valence-corrected chi connectivity index (χ0v) is 16.3. The van der Waals surface area contributed by atoms with Gasteiger partial charge in [-0.3, -0.25) is 9.59 Å². The number of rotatable bonds is 7. The average Bonchev–Trinajstić information content (AvgIpc) is 2.50. The molecule has 0 radical (unpaired) electrons. The first-order valence-corrected chi connectivity index (χ1v) is 8.69. The predicted molar refractivity (Wildman–Crippen MR) is 103 cm³/mol. The van der Waals surface area contributed by atoms with E-state index in [2.05, 4.69) is 10.1 Å². The number of halogens is 1. The van der Waals surface area contributed by atoms with E-state index in [0.717, 1.165) is 17.0 Å². The number of anilines is 1. The standard InChI is InChI=1S/C17H26N2O3S.ClH/c1-17(2,3)15(18)16(21)19-13-7-5-6-12(10-13)11-23-9-8-14(20)22-4;/h5-7,10,15H,8-9,11,18H2,1-4H3,(H,19,21);1H/t15-;/m1./s1. The number of nitrogens with one attached hydrogen (secondary N) is 1. The summed E-state index contributed by atoms with van der Waals surface area (Å²) in [5, 5.41) is 2.86. The molecule has 0 aromatic heterocycles. The van der Waals surface area contributed by atoms with Crippen LogP contribution in [0.4, 0.5) is 5.69 Å². The van der Waals surface area contributed by atoms with Crippen LogP contribution in [0, 0.1) is 5.41 Å². The SMILES string of the molecule is COC(=O)CCSCc1cccc(NC(=O)[C@@H](N)C(C)(C)C)c1.Cl. The molecule has 136 valence electrons. The van der Waals surface area contributed by atoms with Gasteiger partial charge in [-0.05, 0) is 23.1 Å². The number of nitrogens with two attached hydrogens (primary N) is 1. The molecule has 1 atom stereocenters. The smallest absolute Gasteiger partial charge is 0.306 e. The number of carbonyl (C=O) groups excluding carboxylic acids is 2. The molecule has 1 aromatic carbocycles. The number of thioether (sulfide) groups is 1. The van der Waals surface area contributed by atoms with E-state index in [1.165, 1.54) is 7.11 Å². The molecule has 1 aromatic rings. The highest BCUT2D eigenvalue weighted by atomic mass is 35.5. The summed E-state index contributed by atoms with van der Waals surface area (Å²) in [6.07, 6.45) is 0.401. The van der Waals surface area contributed by atoms with Crippen molar-refractivity contribution in [2.75, 3.05) is 18.2 Å². The highest BCUT2D eigenvalue weighted by molar-refractivity contribution is 7.98. The molecule has 0 aliphatic rings. The summed E-state index contributed by atoms with van der Waals surface area (Å²) in [5.74, 6) is 1.09. The van der Waals surface area contributed by atoms with Crippen molar-refractivity contribution in [3.63, 3.8) is 0 Å². The summed E-state index contributed by atoms with van der Waals surface area (Å²) in [6.45, 7) is 5.81. The lowest BCUT2D eigenvalue weighted by Gasteiger charge is -2.25. The van der Waals surface area contributed by atoms with E-state index >= 15 is 0 Å². The molecule has 3 N–H and O–H groups in total. The second-order valence-corrected chi connectivity index (χ2v) is 7.52. The molecule has 0 fully saturated rings. The van der Waals surface area contributed by atoms with Gasteiger partial charge in [-0.15, -0.1) is 12.4 Å². The second-order valence-electron chi connectivity index (χ2n) is 6.41. The van der Waals surface area contributed by atoms with Crippen LogP contribution in [-0.2, 0) is 20.1 Å².